The van der Waals surface area contributed by atoms with E-state index in [1.807, 2.05) is 26.8 Å². The second-order valence-corrected chi connectivity index (χ2v) is 4.21. The minimum atomic E-state index is -0.590. The Labute approximate surface area is 110 Å². The molecule has 2 rings (SSSR count). The van der Waals surface area contributed by atoms with Crippen molar-refractivity contribution in [2.45, 2.75) is 32.8 Å². The molecule has 0 fully saturated rings. The Bertz CT molecular complexity index is 597. The van der Waals surface area contributed by atoms with Gasteiger partial charge in [0.1, 0.15) is 17.4 Å². The molecule has 0 aliphatic rings. The van der Waals surface area contributed by atoms with Crippen LogP contribution in [-0.2, 0) is 10.3 Å². The van der Waals surface area contributed by atoms with Gasteiger partial charge in [0.25, 0.3) is 5.89 Å². The number of nitrogens with one attached hydrogen (secondary N) is 1. The molecule has 7 nitrogen and oxygen atoms in total. The molecule has 100 valence electrons. The number of nitriles is 1. The van der Waals surface area contributed by atoms with Crippen molar-refractivity contribution in [1.82, 2.24) is 20.3 Å². The van der Waals surface area contributed by atoms with Crippen LogP contribution in [0.5, 0.6) is 0 Å². The number of ether oxygens (including phenoxy) is 1. The second kappa shape index (κ2) is 5.20. The molecule has 0 aliphatic heterocycles. The van der Waals surface area contributed by atoms with Gasteiger partial charge in [-0.1, -0.05) is 12.1 Å². The van der Waals surface area contributed by atoms with Crippen LogP contribution in [0, 0.1) is 11.3 Å². The van der Waals surface area contributed by atoms with Crippen LogP contribution in [0.15, 0.2) is 10.7 Å². The van der Waals surface area contributed by atoms with Crippen LogP contribution in [0.2, 0.25) is 0 Å². The van der Waals surface area contributed by atoms with Gasteiger partial charge in [-0.2, -0.15) is 15.3 Å². The highest BCUT2D eigenvalue weighted by Gasteiger charge is 2.31. The van der Waals surface area contributed by atoms with Crippen LogP contribution >= 0.6 is 0 Å². The Morgan fingerprint density at radius 1 is 1.53 bits per heavy atom. The summed E-state index contributed by atoms with van der Waals surface area (Å²) in [6.07, 6.45) is 2.20. The number of rotatable bonds is 5. The molecule has 0 amide bonds. The van der Waals surface area contributed by atoms with Crippen molar-refractivity contribution < 1.29 is 9.26 Å². The van der Waals surface area contributed by atoms with E-state index in [0.717, 1.165) is 6.42 Å². The molecule has 19 heavy (non-hydrogen) atoms. The maximum atomic E-state index is 8.93. The highest BCUT2D eigenvalue weighted by Crippen LogP contribution is 2.29. The summed E-state index contributed by atoms with van der Waals surface area (Å²) in [4.78, 5) is 4.31. The summed E-state index contributed by atoms with van der Waals surface area (Å²) in [7, 11) is 0. The highest BCUT2D eigenvalue weighted by atomic mass is 16.5. The first-order chi connectivity index (χ1) is 9.14. The Morgan fingerprint density at radius 3 is 2.95 bits per heavy atom. The minimum absolute atomic E-state index is 0.264. The molecule has 0 saturated heterocycles. The topological polar surface area (TPSA) is 101 Å². The van der Waals surface area contributed by atoms with Crippen LogP contribution < -0.4 is 0 Å². The molecule has 0 saturated carbocycles. The van der Waals surface area contributed by atoms with E-state index < -0.39 is 5.60 Å². The van der Waals surface area contributed by atoms with E-state index >= 15 is 0 Å². The van der Waals surface area contributed by atoms with Crippen molar-refractivity contribution in [2.24, 2.45) is 0 Å². The lowest BCUT2D eigenvalue weighted by Crippen LogP contribution is -2.26. The lowest BCUT2D eigenvalue weighted by atomic mass is 10.0. The predicted octanol–water partition coefficient (Wildman–Crippen LogP) is 1.99. The molecule has 2 heterocycles. The van der Waals surface area contributed by atoms with E-state index in [-0.39, 0.29) is 5.89 Å². The van der Waals surface area contributed by atoms with Gasteiger partial charge in [0.2, 0.25) is 5.82 Å². The van der Waals surface area contributed by atoms with Gasteiger partial charge in [0.05, 0.1) is 11.8 Å². The molecule has 2 aromatic heterocycles. The quantitative estimate of drug-likeness (QED) is 0.883. The summed E-state index contributed by atoms with van der Waals surface area (Å²) < 4.78 is 10.9. The average molecular weight is 261 g/mol. The Balaban J connectivity index is 2.36. The van der Waals surface area contributed by atoms with Gasteiger partial charge < -0.3 is 9.26 Å². The summed E-state index contributed by atoms with van der Waals surface area (Å²) in [5.41, 5.74) is 0.202. The zero-order valence-electron chi connectivity index (χ0n) is 11.1. The fourth-order valence-electron chi connectivity index (χ4n) is 1.72. The third-order valence-corrected chi connectivity index (χ3v) is 3.02. The molecule has 0 aliphatic carbocycles. The summed E-state index contributed by atoms with van der Waals surface area (Å²) in [5, 5.41) is 19.2. The largest absolute Gasteiger partial charge is 0.367 e. The zero-order valence-corrected chi connectivity index (χ0v) is 11.1. The summed E-state index contributed by atoms with van der Waals surface area (Å²) in [6.45, 7) is 6.37. The van der Waals surface area contributed by atoms with Crippen molar-refractivity contribution >= 4 is 0 Å². The van der Waals surface area contributed by atoms with E-state index in [0.29, 0.717) is 23.7 Å². The van der Waals surface area contributed by atoms with Gasteiger partial charge >= 0.3 is 0 Å². The summed E-state index contributed by atoms with van der Waals surface area (Å²) >= 11 is 0. The third-order valence-electron chi connectivity index (χ3n) is 3.02. The summed E-state index contributed by atoms with van der Waals surface area (Å²) in [6, 6.07) is 1.98. The second-order valence-electron chi connectivity index (χ2n) is 4.21. The molecule has 0 spiro atoms. The molecule has 1 unspecified atom stereocenters. The van der Waals surface area contributed by atoms with Crippen LogP contribution in [0.3, 0.4) is 0 Å². The number of nitrogens with zero attached hydrogens (tertiary/aromatic N) is 4. The van der Waals surface area contributed by atoms with Gasteiger partial charge in [-0.25, -0.2) is 0 Å². The first-order valence-electron chi connectivity index (χ1n) is 6.06. The van der Waals surface area contributed by atoms with Crippen LogP contribution in [-0.4, -0.2) is 26.9 Å². The van der Waals surface area contributed by atoms with E-state index in [4.69, 9.17) is 14.5 Å². The van der Waals surface area contributed by atoms with Gasteiger partial charge in [-0.15, -0.1) is 0 Å². The molecule has 1 N–H and O–H groups in total. The maximum Gasteiger partial charge on any atom is 0.262 e. The van der Waals surface area contributed by atoms with Crippen molar-refractivity contribution in [2.75, 3.05) is 6.61 Å². The molecule has 0 aromatic carbocycles. The number of hydrogen-bond acceptors (Lipinski definition) is 6. The lowest BCUT2D eigenvalue weighted by molar-refractivity contribution is -0.0403. The minimum Gasteiger partial charge on any atom is -0.367 e. The SMILES string of the molecule is CCOC(C)(CC)c1noc(-c2cn[nH]c2C#N)n1. The Hall–Kier alpha value is -2.20. The molecule has 0 radical (unpaired) electrons. The summed E-state index contributed by atoms with van der Waals surface area (Å²) in [5.74, 6) is 0.733. The zero-order chi connectivity index (χ0) is 13.9. The predicted molar refractivity (Wildman–Crippen MR) is 65.9 cm³/mol. The number of hydrogen-bond donors (Lipinski definition) is 1. The average Bonchev–Trinajstić information content (AvgIpc) is 3.07. The Kier molecular flexibility index (Phi) is 3.62. The van der Waals surface area contributed by atoms with E-state index in [1.54, 1.807) is 0 Å². The van der Waals surface area contributed by atoms with Gasteiger partial charge in [-0.3, -0.25) is 5.10 Å². The normalized spacial score (nSPS) is 14.0. The molecular formula is C12H15N5O2. The standard InChI is InChI=1S/C12H15N5O2/c1-4-12(3,18-5-2)11-15-10(19-17-11)8-7-14-16-9(8)6-13/h7H,4-5H2,1-3H3,(H,14,16). The smallest absolute Gasteiger partial charge is 0.262 e. The van der Waals surface area contributed by atoms with Gasteiger partial charge in [0, 0.05) is 6.61 Å². The fraction of sp³-hybridized carbons (Fsp3) is 0.500. The maximum absolute atomic E-state index is 8.93. The molecule has 1 atom stereocenters. The van der Waals surface area contributed by atoms with Gasteiger partial charge in [-0.05, 0) is 20.3 Å². The van der Waals surface area contributed by atoms with Crippen molar-refractivity contribution in [3.63, 3.8) is 0 Å². The number of aromatic nitrogens is 4. The molecular weight excluding hydrogens is 246 g/mol. The van der Waals surface area contributed by atoms with Gasteiger partial charge in [0.15, 0.2) is 0 Å². The highest BCUT2D eigenvalue weighted by molar-refractivity contribution is 5.59. The number of aromatic amines is 1. The van der Waals surface area contributed by atoms with E-state index in [9.17, 15) is 0 Å². The monoisotopic (exact) mass is 261 g/mol. The molecule has 7 heteroatoms. The fourth-order valence-corrected chi connectivity index (χ4v) is 1.72. The van der Waals surface area contributed by atoms with Crippen LogP contribution in [0.1, 0.15) is 38.7 Å². The van der Waals surface area contributed by atoms with Crippen molar-refractivity contribution in [3.8, 4) is 17.5 Å². The van der Waals surface area contributed by atoms with Crippen LogP contribution in [0.25, 0.3) is 11.5 Å². The third kappa shape index (κ3) is 2.35. The van der Waals surface area contributed by atoms with E-state index in [1.165, 1.54) is 6.20 Å². The Morgan fingerprint density at radius 2 is 2.32 bits per heavy atom. The lowest BCUT2D eigenvalue weighted by Gasteiger charge is -2.23. The molecule has 0 bridgehead atoms. The first kappa shape index (κ1) is 13.2. The van der Waals surface area contributed by atoms with Crippen molar-refractivity contribution in [3.05, 3.63) is 17.7 Å². The van der Waals surface area contributed by atoms with Crippen molar-refractivity contribution in [1.29, 1.82) is 5.26 Å². The first-order valence-corrected chi connectivity index (χ1v) is 6.06. The van der Waals surface area contributed by atoms with Crippen LogP contribution in [0.4, 0.5) is 0 Å². The molecule has 2 aromatic rings. The number of H-pyrrole nitrogens is 1. The van der Waals surface area contributed by atoms with E-state index in [2.05, 4.69) is 20.3 Å².